The first kappa shape index (κ1) is 21.6. The van der Waals surface area contributed by atoms with Gasteiger partial charge in [-0.15, -0.1) is 0 Å². The smallest absolute Gasteiger partial charge is 0.397 e. The van der Waals surface area contributed by atoms with Crippen LogP contribution in [-0.2, 0) is 4.57 Å². The van der Waals surface area contributed by atoms with Crippen molar-refractivity contribution in [2.45, 2.75) is 13.8 Å². The summed E-state index contributed by atoms with van der Waals surface area (Å²) >= 11 is 0. The molecule has 0 aliphatic heterocycles. The maximum atomic E-state index is 13.7. The number of aromatic nitrogens is 2. The normalized spacial score (nSPS) is 12.0. The first-order chi connectivity index (χ1) is 16.9. The highest BCUT2D eigenvalue weighted by Crippen LogP contribution is 2.48. The SMILES string of the molecule is Cc1ccc2nc(OP(C)(=O)Oc3nc4ccc(C)cc4c4ccccc34)c3ccccc3c2c1. The maximum Gasteiger partial charge on any atom is 0.430 e. The molecule has 6 heteroatoms. The standard InChI is InChI=1S/C29H23N2O3P/c1-18-12-14-26-24(16-18)20-8-4-6-10-22(20)28(30-26)33-35(3,32)34-29-23-11-7-5-9-21(23)25-17-19(2)13-15-27(25)31-29/h4-17H,1-3H3. The van der Waals surface area contributed by atoms with Gasteiger partial charge in [0.15, 0.2) is 0 Å². The van der Waals surface area contributed by atoms with Crippen molar-refractivity contribution in [2.75, 3.05) is 6.66 Å². The number of nitrogens with zero attached hydrogens (tertiary/aromatic N) is 2. The van der Waals surface area contributed by atoms with Gasteiger partial charge in [-0.1, -0.05) is 59.7 Å². The highest BCUT2D eigenvalue weighted by molar-refractivity contribution is 7.53. The summed E-state index contributed by atoms with van der Waals surface area (Å²) < 4.78 is 25.7. The average molecular weight is 478 g/mol. The molecule has 4 aromatic carbocycles. The third kappa shape index (κ3) is 3.88. The Balaban J connectivity index is 1.46. The third-order valence-corrected chi connectivity index (χ3v) is 7.16. The van der Waals surface area contributed by atoms with Gasteiger partial charge in [0.2, 0.25) is 11.8 Å². The molecule has 0 amide bonds. The third-order valence-electron chi connectivity index (χ3n) is 6.15. The van der Waals surface area contributed by atoms with E-state index in [4.69, 9.17) is 19.0 Å². The molecule has 5 nitrogen and oxygen atoms in total. The molecule has 2 aromatic heterocycles. The number of hydrogen-bond donors (Lipinski definition) is 0. The summed E-state index contributed by atoms with van der Waals surface area (Å²) in [5.74, 6) is 0.562. The fraction of sp³-hybridized carbons (Fsp3) is 0.103. The Labute approximate surface area is 202 Å². The maximum absolute atomic E-state index is 13.7. The van der Waals surface area contributed by atoms with Crippen molar-refractivity contribution in [3.8, 4) is 11.8 Å². The quantitative estimate of drug-likeness (QED) is 0.190. The van der Waals surface area contributed by atoms with E-state index in [1.54, 1.807) is 0 Å². The van der Waals surface area contributed by atoms with Crippen molar-refractivity contribution in [1.82, 2.24) is 9.97 Å². The Kier molecular flexibility index (Phi) is 4.98. The Hall–Kier alpha value is -3.95. The lowest BCUT2D eigenvalue weighted by Crippen LogP contribution is -2.03. The predicted molar refractivity (Wildman–Crippen MR) is 143 cm³/mol. The van der Waals surface area contributed by atoms with Crippen LogP contribution >= 0.6 is 7.60 Å². The minimum atomic E-state index is -3.65. The fourth-order valence-corrected chi connectivity index (χ4v) is 5.49. The number of pyridine rings is 2. The van der Waals surface area contributed by atoms with E-state index in [9.17, 15) is 4.57 Å². The molecule has 0 spiro atoms. The number of aryl methyl sites for hydroxylation is 2. The summed E-state index contributed by atoms with van der Waals surface area (Å²) in [7, 11) is -3.65. The van der Waals surface area contributed by atoms with E-state index in [-0.39, 0.29) is 11.8 Å². The van der Waals surface area contributed by atoms with Crippen molar-refractivity contribution in [3.05, 3.63) is 96.1 Å². The molecule has 0 bridgehead atoms. The van der Waals surface area contributed by atoms with Gasteiger partial charge in [-0.05, 0) is 61.0 Å². The van der Waals surface area contributed by atoms with Crippen LogP contribution in [0.15, 0.2) is 84.9 Å². The van der Waals surface area contributed by atoms with Gasteiger partial charge < -0.3 is 9.05 Å². The Morgan fingerprint density at radius 1 is 0.571 bits per heavy atom. The van der Waals surface area contributed by atoms with Crippen LogP contribution in [0.3, 0.4) is 0 Å². The van der Waals surface area contributed by atoms with Crippen LogP contribution in [-0.4, -0.2) is 16.6 Å². The highest BCUT2D eigenvalue weighted by Gasteiger charge is 2.26. The van der Waals surface area contributed by atoms with Crippen LogP contribution in [0.25, 0.3) is 43.4 Å². The topological polar surface area (TPSA) is 61.3 Å². The van der Waals surface area contributed by atoms with Gasteiger partial charge in [-0.25, -0.2) is 14.5 Å². The van der Waals surface area contributed by atoms with Crippen LogP contribution in [0.1, 0.15) is 11.1 Å². The molecule has 172 valence electrons. The largest absolute Gasteiger partial charge is 0.430 e. The predicted octanol–water partition coefficient (Wildman–Crippen LogP) is 7.99. The monoisotopic (exact) mass is 478 g/mol. The van der Waals surface area contributed by atoms with E-state index < -0.39 is 7.60 Å². The zero-order valence-corrected chi connectivity index (χ0v) is 20.5. The molecular formula is C29H23N2O3P. The van der Waals surface area contributed by atoms with E-state index in [2.05, 4.69) is 26.0 Å². The minimum absolute atomic E-state index is 0.281. The van der Waals surface area contributed by atoms with Crippen LogP contribution < -0.4 is 9.05 Å². The van der Waals surface area contributed by atoms with E-state index in [0.29, 0.717) is 0 Å². The summed E-state index contributed by atoms with van der Waals surface area (Å²) in [6, 6.07) is 27.8. The Bertz CT molecular complexity index is 1700. The summed E-state index contributed by atoms with van der Waals surface area (Å²) in [6.07, 6.45) is 0. The van der Waals surface area contributed by atoms with Gasteiger partial charge in [0.05, 0.1) is 17.7 Å². The van der Waals surface area contributed by atoms with Gasteiger partial charge in [0.25, 0.3) is 0 Å². The first-order valence-electron chi connectivity index (χ1n) is 11.4. The van der Waals surface area contributed by atoms with E-state index >= 15 is 0 Å². The first-order valence-corrected chi connectivity index (χ1v) is 13.4. The van der Waals surface area contributed by atoms with Crippen LogP contribution in [0.4, 0.5) is 0 Å². The van der Waals surface area contributed by atoms with Crippen molar-refractivity contribution in [1.29, 1.82) is 0 Å². The molecule has 6 rings (SSSR count). The zero-order valence-electron chi connectivity index (χ0n) is 19.6. The number of fused-ring (bicyclic) bond motifs is 6. The van der Waals surface area contributed by atoms with E-state index in [1.165, 1.54) is 6.66 Å². The molecule has 2 heterocycles. The van der Waals surface area contributed by atoms with Gasteiger partial charge in [0.1, 0.15) is 0 Å². The molecule has 0 atom stereocenters. The highest BCUT2D eigenvalue weighted by atomic mass is 31.2. The molecule has 0 unspecified atom stereocenters. The molecule has 6 aromatic rings. The minimum Gasteiger partial charge on any atom is -0.397 e. The number of hydrogen-bond acceptors (Lipinski definition) is 5. The van der Waals surface area contributed by atoms with E-state index in [1.807, 2.05) is 72.8 Å². The summed E-state index contributed by atoms with van der Waals surface area (Å²) in [6.45, 7) is 5.56. The van der Waals surface area contributed by atoms with Crippen molar-refractivity contribution in [3.63, 3.8) is 0 Å². The van der Waals surface area contributed by atoms with Gasteiger partial charge in [-0.3, -0.25) is 0 Å². The molecule has 35 heavy (non-hydrogen) atoms. The zero-order chi connectivity index (χ0) is 24.2. The molecule has 0 aliphatic rings. The van der Waals surface area contributed by atoms with Crippen molar-refractivity contribution < 1.29 is 13.6 Å². The molecule has 0 radical (unpaired) electrons. The summed E-state index contributed by atoms with van der Waals surface area (Å²) in [5.41, 5.74) is 3.84. The van der Waals surface area contributed by atoms with Gasteiger partial charge in [-0.2, -0.15) is 0 Å². The molecule has 0 saturated carbocycles. The summed E-state index contributed by atoms with van der Waals surface area (Å²) in [4.78, 5) is 9.40. The van der Waals surface area contributed by atoms with Gasteiger partial charge >= 0.3 is 7.60 Å². The lowest BCUT2D eigenvalue weighted by Gasteiger charge is -2.18. The van der Waals surface area contributed by atoms with Crippen LogP contribution in [0.5, 0.6) is 11.8 Å². The molecular weight excluding hydrogens is 455 g/mol. The Morgan fingerprint density at radius 2 is 0.971 bits per heavy atom. The lowest BCUT2D eigenvalue weighted by atomic mass is 10.0. The molecule has 0 aliphatic carbocycles. The van der Waals surface area contributed by atoms with Crippen LogP contribution in [0.2, 0.25) is 0 Å². The van der Waals surface area contributed by atoms with Crippen molar-refractivity contribution in [2.24, 2.45) is 0 Å². The van der Waals surface area contributed by atoms with Gasteiger partial charge in [0, 0.05) is 21.5 Å². The molecule has 0 fully saturated rings. The molecule has 0 saturated heterocycles. The second-order valence-electron chi connectivity index (χ2n) is 8.92. The number of benzene rings is 4. The lowest BCUT2D eigenvalue weighted by molar-refractivity contribution is 0.387. The number of rotatable bonds is 4. The fourth-order valence-electron chi connectivity index (χ4n) is 4.55. The van der Waals surface area contributed by atoms with Crippen LogP contribution in [0, 0.1) is 13.8 Å². The average Bonchev–Trinajstić information content (AvgIpc) is 2.85. The van der Waals surface area contributed by atoms with Crippen molar-refractivity contribution >= 4 is 50.9 Å². The second-order valence-corrected chi connectivity index (χ2v) is 10.8. The van der Waals surface area contributed by atoms with E-state index in [0.717, 1.165) is 54.5 Å². The molecule has 0 N–H and O–H groups in total. The second kappa shape index (κ2) is 8.07. The Morgan fingerprint density at radius 3 is 1.40 bits per heavy atom. The summed E-state index contributed by atoms with van der Waals surface area (Å²) in [5, 5.41) is 5.59.